The minimum Gasteiger partial charge on any atom is -0.462 e. The van der Waals surface area contributed by atoms with E-state index in [4.69, 9.17) is 4.42 Å². The first-order chi connectivity index (χ1) is 10.1. The van der Waals surface area contributed by atoms with Crippen LogP contribution in [0.15, 0.2) is 28.2 Å². The average molecular weight is 307 g/mol. The van der Waals surface area contributed by atoms with E-state index in [0.717, 1.165) is 42.5 Å². The number of aliphatic hydroxyl groups excluding tert-OH is 1. The van der Waals surface area contributed by atoms with Crippen molar-refractivity contribution in [2.24, 2.45) is 0 Å². The predicted molar refractivity (Wildman–Crippen MR) is 83.2 cm³/mol. The molecule has 2 aromatic heterocycles. The summed E-state index contributed by atoms with van der Waals surface area (Å²) in [5, 5.41) is 12.9. The second kappa shape index (κ2) is 6.27. The largest absolute Gasteiger partial charge is 0.462 e. The van der Waals surface area contributed by atoms with Crippen LogP contribution in [0.3, 0.4) is 0 Å². The first kappa shape index (κ1) is 14.7. The molecule has 6 heteroatoms. The fourth-order valence-corrected chi connectivity index (χ4v) is 3.64. The maximum absolute atomic E-state index is 9.92. The molecule has 3 rings (SSSR count). The van der Waals surface area contributed by atoms with Crippen LogP contribution in [0.5, 0.6) is 0 Å². The number of aromatic nitrogens is 1. The third kappa shape index (κ3) is 3.52. The van der Waals surface area contributed by atoms with Gasteiger partial charge in [-0.3, -0.25) is 4.90 Å². The van der Waals surface area contributed by atoms with Gasteiger partial charge in [-0.1, -0.05) is 0 Å². The van der Waals surface area contributed by atoms with Gasteiger partial charge in [-0.15, -0.1) is 11.3 Å². The second-order valence-corrected chi connectivity index (χ2v) is 6.71. The van der Waals surface area contributed by atoms with Gasteiger partial charge in [-0.25, -0.2) is 4.98 Å². The Hall–Kier alpha value is -1.21. The standard InChI is InChI=1S/C15H21N3O2S/c1-17(2)8-12-6-13(19)9-18(12)7-11-10-21-15(16-11)14-4-3-5-20-14/h3-5,10,12-13,19H,6-9H2,1-2H3. The second-order valence-electron chi connectivity index (χ2n) is 5.86. The molecule has 0 saturated carbocycles. The van der Waals surface area contributed by atoms with Gasteiger partial charge in [0.15, 0.2) is 10.8 Å². The van der Waals surface area contributed by atoms with Crippen LogP contribution in [0.1, 0.15) is 12.1 Å². The quantitative estimate of drug-likeness (QED) is 0.914. The number of likely N-dealkylation sites (tertiary alicyclic amines) is 1. The molecule has 2 unspecified atom stereocenters. The Morgan fingerprint density at radius 1 is 1.52 bits per heavy atom. The third-order valence-corrected chi connectivity index (χ3v) is 4.64. The lowest BCUT2D eigenvalue weighted by molar-refractivity contribution is 0.168. The zero-order valence-corrected chi connectivity index (χ0v) is 13.2. The summed E-state index contributed by atoms with van der Waals surface area (Å²) in [5.41, 5.74) is 1.05. The zero-order chi connectivity index (χ0) is 14.8. The van der Waals surface area contributed by atoms with Gasteiger partial charge in [0.2, 0.25) is 0 Å². The van der Waals surface area contributed by atoms with Gasteiger partial charge in [0.05, 0.1) is 18.1 Å². The van der Waals surface area contributed by atoms with Crippen molar-refractivity contribution in [3.63, 3.8) is 0 Å². The van der Waals surface area contributed by atoms with Crippen LogP contribution < -0.4 is 0 Å². The third-order valence-electron chi connectivity index (χ3n) is 3.73. The van der Waals surface area contributed by atoms with Gasteiger partial charge < -0.3 is 14.4 Å². The molecule has 1 aliphatic heterocycles. The Bertz CT molecular complexity index is 567. The minimum absolute atomic E-state index is 0.224. The van der Waals surface area contributed by atoms with Gasteiger partial charge in [-0.05, 0) is 32.6 Å². The Balaban J connectivity index is 1.68. The predicted octanol–water partition coefficient (Wildman–Crippen LogP) is 1.90. The zero-order valence-electron chi connectivity index (χ0n) is 12.4. The number of thiazole rings is 1. The smallest absolute Gasteiger partial charge is 0.162 e. The molecule has 3 heterocycles. The topological polar surface area (TPSA) is 52.7 Å². The Kier molecular flexibility index (Phi) is 4.40. The fourth-order valence-electron chi connectivity index (χ4n) is 2.86. The van der Waals surface area contributed by atoms with E-state index < -0.39 is 0 Å². The number of hydrogen-bond donors (Lipinski definition) is 1. The normalized spacial score (nSPS) is 23.2. The van der Waals surface area contributed by atoms with E-state index in [1.807, 2.05) is 12.1 Å². The van der Waals surface area contributed by atoms with E-state index in [-0.39, 0.29) is 6.10 Å². The SMILES string of the molecule is CN(C)CC1CC(O)CN1Cc1csc(-c2ccco2)n1. The summed E-state index contributed by atoms with van der Waals surface area (Å²) in [7, 11) is 4.14. The van der Waals surface area contributed by atoms with Crippen molar-refractivity contribution < 1.29 is 9.52 Å². The highest BCUT2D eigenvalue weighted by molar-refractivity contribution is 7.13. The highest BCUT2D eigenvalue weighted by Gasteiger charge is 2.31. The number of furan rings is 1. The van der Waals surface area contributed by atoms with Crippen LogP contribution in [0.2, 0.25) is 0 Å². The van der Waals surface area contributed by atoms with Crippen LogP contribution in [-0.2, 0) is 6.54 Å². The van der Waals surface area contributed by atoms with Crippen molar-refractivity contribution in [2.45, 2.75) is 25.1 Å². The molecule has 2 aromatic rings. The lowest BCUT2D eigenvalue weighted by Gasteiger charge is -2.25. The monoisotopic (exact) mass is 307 g/mol. The highest BCUT2D eigenvalue weighted by atomic mass is 32.1. The summed E-state index contributed by atoms with van der Waals surface area (Å²) in [6, 6.07) is 4.20. The van der Waals surface area contributed by atoms with Crippen molar-refractivity contribution in [3.05, 3.63) is 29.5 Å². The van der Waals surface area contributed by atoms with E-state index >= 15 is 0 Å². The molecule has 21 heavy (non-hydrogen) atoms. The van der Waals surface area contributed by atoms with Crippen LogP contribution in [0.4, 0.5) is 0 Å². The molecule has 0 spiro atoms. The van der Waals surface area contributed by atoms with Crippen molar-refractivity contribution >= 4 is 11.3 Å². The van der Waals surface area contributed by atoms with Gasteiger partial charge in [0.1, 0.15) is 0 Å². The highest BCUT2D eigenvalue weighted by Crippen LogP contribution is 2.26. The van der Waals surface area contributed by atoms with Gasteiger partial charge in [0, 0.05) is 31.1 Å². The lowest BCUT2D eigenvalue weighted by Crippen LogP contribution is -2.37. The Morgan fingerprint density at radius 2 is 2.38 bits per heavy atom. The summed E-state index contributed by atoms with van der Waals surface area (Å²) in [4.78, 5) is 9.14. The fraction of sp³-hybridized carbons (Fsp3) is 0.533. The number of likely N-dealkylation sites (N-methyl/N-ethyl adjacent to an activating group) is 1. The van der Waals surface area contributed by atoms with E-state index in [1.54, 1.807) is 17.6 Å². The maximum Gasteiger partial charge on any atom is 0.162 e. The molecule has 0 aromatic carbocycles. The molecule has 0 bridgehead atoms. The summed E-state index contributed by atoms with van der Waals surface area (Å²) >= 11 is 1.60. The van der Waals surface area contributed by atoms with Crippen molar-refractivity contribution in [1.29, 1.82) is 0 Å². The molecule has 2 atom stereocenters. The molecular formula is C15H21N3O2S. The Labute approximate surface area is 128 Å². The summed E-state index contributed by atoms with van der Waals surface area (Å²) in [6.07, 6.45) is 2.28. The minimum atomic E-state index is -0.224. The van der Waals surface area contributed by atoms with E-state index in [1.165, 1.54) is 0 Å². The van der Waals surface area contributed by atoms with Gasteiger partial charge in [0.25, 0.3) is 0 Å². The van der Waals surface area contributed by atoms with Crippen LogP contribution in [-0.4, -0.2) is 59.2 Å². The van der Waals surface area contributed by atoms with E-state index in [2.05, 4.69) is 34.3 Å². The first-order valence-electron chi connectivity index (χ1n) is 7.17. The number of rotatable bonds is 5. The van der Waals surface area contributed by atoms with Crippen LogP contribution in [0.25, 0.3) is 10.8 Å². The van der Waals surface area contributed by atoms with Gasteiger partial charge >= 0.3 is 0 Å². The van der Waals surface area contributed by atoms with Crippen LogP contribution in [0, 0.1) is 0 Å². The van der Waals surface area contributed by atoms with Crippen molar-refractivity contribution in [3.8, 4) is 10.8 Å². The summed E-state index contributed by atoms with van der Waals surface area (Å²) < 4.78 is 5.38. The first-order valence-corrected chi connectivity index (χ1v) is 8.05. The molecule has 0 amide bonds. The molecule has 5 nitrogen and oxygen atoms in total. The maximum atomic E-state index is 9.92. The van der Waals surface area contributed by atoms with E-state index in [0.29, 0.717) is 6.04 Å². The number of β-amino-alcohol motifs (C(OH)–C–C–N with tert-alkyl or cyclic N) is 1. The molecule has 1 fully saturated rings. The summed E-state index contributed by atoms with van der Waals surface area (Å²) in [6.45, 7) is 2.48. The molecular weight excluding hydrogens is 286 g/mol. The Morgan fingerprint density at radius 3 is 3.10 bits per heavy atom. The lowest BCUT2D eigenvalue weighted by atomic mass is 10.2. The summed E-state index contributed by atoms with van der Waals surface area (Å²) in [5.74, 6) is 0.817. The number of nitrogens with zero attached hydrogens (tertiary/aromatic N) is 3. The van der Waals surface area contributed by atoms with Crippen molar-refractivity contribution in [1.82, 2.24) is 14.8 Å². The molecule has 114 valence electrons. The number of hydrogen-bond acceptors (Lipinski definition) is 6. The van der Waals surface area contributed by atoms with Gasteiger partial charge in [-0.2, -0.15) is 0 Å². The molecule has 1 N–H and O–H groups in total. The van der Waals surface area contributed by atoms with E-state index in [9.17, 15) is 5.11 Å². The molecule has 1 aliphatic rings. The average Bonchev–Trinajstić information content (AvgIpc) is 3.11. The van der Waals surface area contributed by atoms with Crippen molar-refractivity contribution in [2.75, 3.05) is 27.2 Å². The molecule has 0 aliphatic carbocycles. The molecule has 0 radical (unpaired) electrons. The number of aliphatic hydroxyl groups is 1. The molecule has 1 saturated heterocycles. The van der Waals surface area contributed by atoms with Crippen LogP contribution >= 0.6 is 11.3 Å².